The van der Waals surface area contributed by atoms with Crippen molar-refractivity contribution in [3.05, 3.63) is 0 Å². The average Bonchev–Trinajstić information content (AvgIpc) is 2.54. The zero-order valence-electron chi connectivity index (χ0n) is 13.1. The van der Waals surface area contributed by atoms with Crippen LogP contribution in [0, 0.1) is 17.8 Å². The van der Waals surface area contributed by atoms with E-state index in [1.165, 1.54) is 32.1 Å². The van der Waals surface area contributed by atoms with Gasteiger partial charge in [0.1, 0.15) is 0 Å². The predicted molar refractivity (Wildman–Crippen MR) is 84.4 cm³/mol. The Hall–Kier alpha value is -0.280. The van der Waals surface area contributed by atoms with E-state index >= 15 is 0 Å². The zero-order chi connectivity index (χ0) is 14.8. The number of hydrogen-bond donors (Lipinski definition) is 0. The molecule has 2 aliphatic carbocycles. The lowest BCUT2D eigenvalue weighted by Gasteiger charge is -2.43. The lowest BCUT2D eigenvalue weighted by Crippen LogP contribution is -2.54. The van der Waals surface area contributed by atoms with E-state index in [4.69, 9.17) is 16.3 Å². The van der Waals surface area contributed by atoms with Crippen LogP contribution in [0.25, 0.3) is 0 Å². The summed E-state index contributed by atoms with van der Waals surface area (Å²) in [5.74, 6) is 2.80. The van der Waals surface area contributed by atoms with Crippen molar-refractivity contribution in [1.82, 2.24) is 4.90 Å². The molecule has 0 N–H and O–H groups in total. The Morgan fingerprint density at radius 3 is 2.71 bits per heavy atom. The van der Waals surface area contributed by atoms with Crippen LogP contribution >= 0.6 is 11.6 Å². The third kappa shape index (κ3) is 3.39. The highest BCUT2D eigenvalue weighted by Gasteiger charge is 2.39. The van der Waals surface area contributed by atoms with E-state index in [0.29, 0.717) is 24.9 Å². The maximum absolute atomic E-state index is 12.9. The molecule has 3 fully saturated rings. The second-order valence-corrected chi connectivity index (χ2v) is 7.57. The molecule has 5 unspecified atom stereocenters. The predicted octanol–water partition coefficient (Wildman–Crippen LogP) is 3.45. The van der Waals surface area contributed by atoms with E-state index in [2.05, 4.69) is 6.92 Å². The zero-order valence-corrected chi connectivity index (χ0v) is 13.9. The largest absolute Gasteiger partial charge is 0.373 e. The first-order valence-corrected chi connectivity index (χ1v) is 9.20. The molecule has 21 heavy (non-hydrogen) atoms. The minimum absolute atomic E-state index is 0.0119. The number of rotatable bonds is 2. The molecule has 1 amide bonds. The third-order valence-electron chi connectivity index (χ3n) is 5.85. The molecule has 1 aliphatic heterocycles. The van der Waals surface area contributed by atoms with Crippen molar-refractivity contribution in [2.75, 3.05) is 19.0 Å². The monoisotopic (exact) mass is 313 g/mol. The average molecular weight is 314 g/mol. The number of halogens is 1. The van der Waals surface area contributed by atoms with Crippen LogP contribution in [0.4, 0.5) is 0 Å². The van der Waals surface area contributed by atoms with Gasteiger partial charge in [0.2, 0.25) is 5.91 Å². The Balaban J connectivity index is 1.61. The van der Waals surface area contributed by atoms with Gasteiger partial charge in [-0.25, -0.2) is 0 Å². The van der Waals surface area contributed by atoms with Gasteiger partial charge in [0.15, 0.2) is 0 Å². The van der Waals surface area contributed by atoms with Crippen LogP contribution in [0.3, 0.4) is 0 Å². The van der Waals surface area contributed by atoms with Gasteiger partial charge in [-0.05, 0) is 38.0 Å². The molecular weight excluding hydrogens is 286 g/mol. The summed E-state index contributed by atoms with van der Waals surface area (Å²) in [7, 11) is 0. The van der Waals surface area contributed by atoms with Crippen LogP contribution in [-0.4, -0.2) is 42.0 Å². The molecule has 0 bridgehead atoms. The molecule has 3 aliphatic rings. The van der Waals surface area contributed by atoms with Crippen LogP contribution in [0.2, 0.25) is 0 Å². The van der Waals surface area contributed by atoms with Gasteiger partial charge in [0.25, 0.3) is 0 Å². The Kier molecular flexibility index (Phi) is 5.11. The molecular formula is C17H28ClNO2. The van der Waals surface area contributed by atoms with Gasteiger partial charge in [-0.3, -0.25) is 4.79 Å². The number of carbonyl (C=O) groups excluding carboxylic acids is 1. The SMILES string of the molecule is CC1COC(CCl)CN1C(=O)C1CCC2CCCCC2C1. The smallest absolute Gasteiger partial charge is 0.226 e. The fraction of sp³-hybridized carbons (Fsp3) is 0.941. The highest BCUT2D eigenvalue weighted by Crippen LogP contribution is 2.43. The second kappa shape index (κ2) is 6.87. The maximum atomic E-state index is 12.9. The molecule has 3 rings (SSSR count). The second-order valence-electron chi connectivity index (χ2n) is 7.26. The van der Waals surface area contributed by atoms with Gasteiger partial charge in [-0.15, -0.1) is 11.6 Å². The van der Waals surface area contributed by atoms with Crippen molar-refractivity contribution in [2.24, 2.45) is 17.8 Å². The van der Waals surface area contributed by atoms with Crippen LogP contribution in [0.15, 0.2) is 0 Å². The van der Waals surface area contributed by atoms with Gasteiger partial charge < -0.3 is 9.64 Å². The minimum atomic E-state index is 0.0119. The summed E-state index contributed by atoms with van der Waals surface area (Å²) in [6.45, 7) is 3.39. The van der Waals surface area contributed by atoms with E-state index in [1.807, 2.05) is 4.90 Å². The molecule has 5 atom stereocenters. The Labute approximate surface area is 133 Å². The number of ether oxygens (including phenoxy) is 1. The van der Waals surface area contributed by atoms with E-state index in [9.17, 15) is 4.79 Å². The number of hydrogen-bond acceptors (Lipinski definition) is 2. The van der Waals surface area contributed by atoms with E-state index in [-0.39, 0.29) is 18.1 Å². The van der Waals surface area contributed by atoms with Crippen molar-refractivity contribution >= 4 is 17.5 Å². The summed E-state index contributed by atoms with van der Waals surface area (Å²) in [4.78, 5) is 15.0. The number of alkyl halides is 1. The summed E-state index contributed by atoms with van der Waals surface area (Å²) < 4.78 is 5.67. The number of amides is 1. The lowest BCUT2D eigenvalue weighted by molar-refractivity contribution is -0.149. The highest BCUT2D eigenvalue weighted by molar-refractivity contribution is 6.18. The number of morpholine rings is 1. The molecule has 2 saturated carbocycles. The number of carbonyl (C=O) groups is 1. The van der Waals surface area contributed by atoms with Crippen molar-refractivity contribution < 1.29 is 9.53 Å². The Morgan fingerprint density at radius 1 is 1.19 bits per heavy atom. The summed E-state index contributed by atoms with van der Waals surface area (Å²) in [6.07, 6.45) is 9.00. The molecule has 3 nitrogen and oxygen atoms in total. The molecule has 4 heteroatoms. The van der Waals surface area contributed by atoms with E-state index in [1.54, 1.807) is 0 Å². The van der Waals surface area contributed by atoms with Gasteiger partial charge >= 0.3 is 0 Å². The van der Waals surface area contributed by atoms with Gasteiger partial charge in [0.05, 0.1) is 24.6 Å². The van der Waals surface area contributed by atoms with Crippen LogP contribution in [0.1, 0.15) is 51.9 Å². The lowest BCUT2D eigenvalue weighted by atomic mass is 9.67. The summed E-state index contributed by atoms with van der Waals surface area (Å²) in [5.41, 5.74) is 0. The first-order chi connectivity index (χ1) is 10.2. The van der Waals surface area contributed by atoms with Crippen molar-refractivity contribution in [3.8, 4) is 0 Å². The van der Waals surface area contributed by atoms with E-state index < -0.39 is 0 Å². The summed E-state index contributed by atoms with van der Waals surface area (Å²) in [6, 6.07) is 0.195. The van der Waals surface area contributed by atoms with Crippen molar-refractivity contribution in [1.29, 1.82) is 0 Å². The topological polar surface area (TPSA) is 29.5 Å². The molecule has 120 valence electrons. The summed E-state index contributed by atoms with van der Waals surface area (Å²) in [5, 5.41) is 0. The molecule has 0 radical (unpaired) electrons. The van der Waals surface area contributed by atoms with Crippen LogP contribution in [0.5, 0.6) is 0 Å². The molecule has 0 spiro atoms. The first-order valence-electron chi connectivity index (χ1n) is 8.67. The quantitative estimate of drug-likeness (QED) is 0.731. The first kappa shape index (κ1) is 15.6. The highest BCUT2D eigenvalue weighted by atomic mass is 35.5. The summed E-state index contributed by atoms with van der Waals surface area (Å²) >= 11 is 5.91. The van der Waals surface area contributed by atoms with Gasteiger partial charge in [-0.1, -0.05) is 25.7 Å². The fourth-order valence-corrected chi connectivity index (χ4v) is 4.74. The molecule has 1 heterocycles. The molecule has 0 aromatic rings. The molecule has 0 aromatic heterocycles. The van der Waals surface area contributed by atoms with Crippen LogP contribution in [-0.2, 0) is 9.53 Å². The fourth-order valence-electron chi connectivity index (χ4n) is 4.55. The Morgan fingerprint density at radius 2 is 1.95 bits per heavy atom. The molecule has 1 saturated heterocycles. The number of fused-ring (bicyclic) bond motifs is 1. The number of nitrogens with zero attached hydrogens (tertiary/aromatic N) is 1. The standard InChI is InChI=1S/C17H28ClNO2/c1-12-11-21-16(9-18)10-19(12)17(20)15-7-6-13-4-2-3-5-14(13)8-15/h12-16H,2-11H2,1H3. The molecule has 0 aromatic carbocycles. The normalized spacial score (nSPS) is 40.7. The van der Waals surface area contributed by atoms with E-state index in [0.717, 1.165) is 24.7 Å². The van der Waals surface area contributed by atoms with Gasteiger partial charge in [-0.2, -0.15) is 0 Å². The third-order valence-corrected chi connectivity index (χ3v) is 6.19. The van der Waals surface area contributed by atoms with Crippen molar-refractivity contribution in [3.63, 3.8) is 0 Å². The van der Waals surface area contributed by atoms with Crippen LogP contribution < -0.4 is 0 Å². The van der Waals surface area contributed by atoms with Gasteiger partial charge in [0, 0.05) is 12.5 Å². The van der Waals surface area contributed by atoms with Crippen molar-refractivity contribution in [2.45, 2.75) is 64.0 Å². The Bertz CT molecular complexity index is 376. The minimum Gasteiger partial charge on any atom is -0.373 e. The maximum Gasteiger partial charge on any atom is 0.226 e.